The molecule has 3 unspecified atom stereocenters. The van der Waals surface area contributed by atoms with Crippen molar-refractivity contribution in [3.05, 3.63) is 35.9 Å². The van der Waals surface area contributed by atoms with Crippen LogP contribution in [0.5, 0.6) is 0 Å². The molecule has 4 heteroatoms. The number of nitrogens with one attached hydrogen (secondary N) is 2. The van der Waals surface area contributed by atoms with E-state index in [1.165, 1.54) is 18.4 Å². The summed E-state index contributed by atoms with van der Waals surface area (Å²) in [7, 11) is 0. The van der Waals surface area contributed by atoms with Crippen LogP contribution in [0.2, 0.25) is 0 Å². The van der Waals surface area contributed by atoms with Gasteiger partial charge in [-0.1, -0.05) is 63.4 Å². The Balaban J connectivity index is 1.97. The van der Waals surface area contributed by atoms with Gasteiger partial charge in [-0.3, -0.25) is 4.79 Å². The normalized spacial score (nSPS) is 20.3. The van der Waals surface area contributed by atoms with Crippen molar-refractivity contribution >= 4 is 5.91 Å². The van der Waals surface area contributed by atoms with Gasteiger partial charge >= 0.3 is 0 Å². The van der Waals surface area contributed by atoms with E-state index in [9.17, 15) is 4.79 Å². The lowest BCUT2D eigenvalue weighted by Gasteiger charge is -2.35. The maximum atomic E-state index is 12.3. The molecule has 4 N–H and O–H groups in total. The molecule has 0 heterocycles. The fourth-order valence-electron chi connectivity index (χ4n) is 3.59. The van der Waals surface area contributed by atoms with E-state index in [0.717, 1.165) is 19.3 Å². The van der Waals surface area contributed by atoms with E-state index in [1.54, 1.807) is 0 Å². The van der Waals surface area contributed by atoms with Crippen LogP contribution < -0.4 is 16.4 Å². The van der Waals surface area contributed by atoms with E-state index in [-0.39, 0.29) is 23.4 Å². The lowest BCUT2D eigenvalue weighted by atomic mass is 9.93. The topological polar surface area (TPSA) is 67.2 Å². The van der Waals surface area contributed by atoms with Gasteiger partial charge in [0.05, 0.1) is 6.04 Å². The molecule has 0 bridgehead atoms. The van der Waals surface area contributed by atoms with Gasteiger partial charge in [0.15, 0.2) is 0 Å². The molecule has 0 aromatic heterocycles. The Morgan fingerprint density at radius 1 is 1.21 bits per heavy atom. The molecule has 4 nitrogen and oxygen atoms in total. The molecule has 1 aromatic carbocycles. The first-order chi connectivity index (χ1) is 11.5. The highest BCUT2D eigenvalue weighted by molar-refractivity contribution is 5.81. The third-order valence-electron chi connectivity index (χ3n) is 5.54. The Morgan fingerprint density at radius 3 is 2.42 bits per heavy atom. The highest BCUT2D eigenvalue weighted by Gasteiger charge is 2.35. The number of hydrogen-bond donors (Lipinski definition) is 3. The molecule has 0 spiro atoms. The molecule has 0 radical (unpaired) electrons. The van der Waals surface area contributed by atoms with Gasteiger partial charge in [0.1, 0.15) is 0 Å². The van der Waals surface area contributed by atoms with Crippen LogP contribution in [0.4, 0.5) is 0 Å². The predicted octanol–water partition coefficient (Wildman–Crippen LogP) is 3.14. The molecule has 1 aromatic rings. The molecule has 1 saturated carbocycles. The number of benzene rings is 1. The monoisotopic (exact) mass is 331 g/mol. The first kappa shape index (κ1) is 18.9. The predicted molar refractivity (Wildman–Crippen MR) is 99.6 cm³/mol. The van der Waals surface area contributed by atoms with E-state index in [1.807, 2.05) is 13.0 Å². The number of amides is 1. The van der Waals surface area contributed by atoms with Gasteiger partial charge in [0.2, 0.25) is 5.91 Å². The van der Waals surface area contributed by atoms with Crippen LogP contribution in [0.1, 0.15) is 64.5 Å². The average molecular weight is 332 g/mol. The Morgan fingerprint density at radius 2 is 1.83 bits per heavy atom. The third kappa shape index (κ3) is 4.81. The number of carbonyl (C=O) groups excluding carboxylic acids is 1. The minimum Gasteiger partial charge on any atom is -0.353 e. The number of nitrogens with two attached hydrogens (primary N) is 1. The zero-order valence-electron chi connectivity index (χ0n) is 15.3. The van der Waals surface area contributed by atoms with Crippen molar-refractivity contribution in [2.45, 2.75) is 70.5 Å². The molecular formula is C20H33N3O. The molecule has 134 valence electrons. The van der Waals surface area contributed by atoms with Crippen LogP contribution in [0.15, 0.2) is 30.3 Å². The quantitative estimate of drug-likeness (QED) is 0.685. The lowest BCUT2D eigenvalue weighted by molar-refractivity contribution is -0.123. The van der Waals surface area contributed by atoms with Crippen LogP contribution in [0, 0.1) is 5.92 Å². The summed E-state index contributed by atoms with van der Waals surface area (Å²) in [4.78, 5) is 12.3. The molecule has 1 aliphatic rings. The maximum absolute atomic E-state index is 12.3. The minimum absolute atomic E-state index is 0.0138. The average Bonchev–Trinajstić information content (AvgIpc) is 3.07. The number of carbonyl (C=O) groups is 1. The Labute approximate surface area is 146 Å². The molecule has 3 atom stereocenters. The van der Waals surface area contributed by atoms with Crippen LogP contribution in [0.3, 0.4) is 0 Å². The fraction of sp³-hybridized carbons (Fsp3) is 0.650. The summed E-state index contributed by atoms with van der Waals surface area (Å²) in [6.07, 6.45) is 5.54. The van der Waals surface area contributed by atoms with Gasteiger partial charge in [-0.05, 0) is 31.2 Å². The zero-order chi connectivity index (χ0) is 17.6. The Bertz CT molecular complexity index is 511. The van der Waals surface area contributed by atoms with Gasteiger partial charge in [-0.15, -0.1) is 0 Å². The van der Waals surface area contributed by atoms with Crippen molar-refractivity contribution in [3.63, 3.8) is 0 Å². The first-order valence-corrected chi connectivity index (χ1v) is 9.33. The lowest BCUT2D eigenvalue weighted by Crippen LogP contribution is -2.55. The van der Waals surface area contributed by atoms with E-state index in [4.69, 9.17) is 5.73 Å². The number of rotatable bonds is 8. The van der Waals surface area contributed by atoms with Gasteiger partial charge in [-0.25, -0.2) is 0 Å². The van der Waals surface area contributed by atoms with Crippen molar-refractivity contribution in [3.8, 4) is 0 Å². The highest BCUT2D eigenvalue weighted by Crippen LogP contribution is 2.31. The third-order valence-corrected chi connectivity index (χ3v) is 5.54. The van der Waals surface area contributed by atoms with Crippen molar-refractivity contribution in [1.29, 1.82) is 0 Å². The van der Waals surface area contributed by atoms with E-state index in [2.05, 4.69) is 48.7 Å². The molecule has 0 aliphatic heterocycles. The fourth-order valence-corrected chi connectivity index (χ4v) is 3.59. The summed E-state index contributed by atoms with van der Waals surface area (Å²) >= 11 is 0. The molecule has 24 heavy (non-hydrogen) atoms. The van der Waals surface area contributed by atoms with Gasteiger partial charge in [0.25, 0.3) is 0 Å². The highest BCUT2D eigenvalue weighted by atomic mass is 16.2. The van der Waals surface area contributed by atoms with Crippen molar-refractivity contribution in [2.75, 3.05) is 6.54 Å². The Kier molecular flexibility index (Phi) is 6.81. The second kappa shape index (κ2) is 8.63. The second-order valence-electron chi connectivity index (χ2n) is 7.39. The van der Waals surface area contributed by atoms with Gasteiger partial charge in [-0.2, -0.15) is 0 Å². The summed E-state index contributed by atoms with van der Waals surface area (Å²) in [5.74, 6) is 0.186. The molecule has 0 saturated heterocycles. The van der Waals surface area contributed by atoms with E-state index >= 15 is 0 Å². The van der Waals surface area contributed by atoms with Crippen molar-refractivity contribution in [1.82, 2.24) is 10.6 Å². The van der Waals surface area contributed by atoms with E-state index in [0.29, 0.717) is 6.54 Å². The van der Waals surface area contributed by atoms with Crippen molar-refractivity contribution in [2.24, 2.45) is 11.7 Å². The Hall–Kier alpha value is -1.39. The summed E-state index contributed by atoms with van der Waals surface area (Å²) < 4.78 is 0. The standard InChI is InChI=1S/C20H33N3O/c1-4-15(2)18(21)19(24)22-14-20(12-8-9-13-20)23-16(3)17-10-6-5-7-11-17/h5-7,10-11,15-16,18,23H,4,8-9,12-14,21H2,1-3H3,(H,22,24). The van der Waals surface area contributed by atoms with E-state index < -0.39 is 6.04 Å². The molecule has 1 fully saturated rings. The summed E-state index contributed by atoms with van der Waals surface area (Å²) in [6, 6.07) is 10.3. The van der Waals surface area contributed by atoms with Crippen LogP contribution in [-0.2, 0) is 4.79 Å². The second-order valence-corrected chi connectivity index (χ2v) is 7.39. The summed E-state index contributed by atoms with van der Waals surface area (Å²) in [5.41, 5.74) is 7.33. The molecule has 2 rings (SSSR count). The SMILES string of the molecule is CCC(C)C(N)C(=O)NCC1(NC(C)c2ccccc2)CCCC1. The molecular weight excluding hydrogens is 298 g/mol. The largest absolute Gasteiger partial charge is 0.353 e. The van der Waals surface area contributed by atoms with Gasteiger partial charge in [0, 0.05) is 18.1 Å². The van der Waals surface area contributed by atoms with Crippen molar-refractivity contribution < 1.29 is 4.79 Å². The zero-order valence-corrected chi connectivity index (χ0v) is 15.3. The van der Waals surface area contributed by atoms with Gasteiger partial charge < -0.3 is 16.4 Å². The molecule has 1 amide bonds. The summed E-state index contributed by atoms with van der Waals surface area (Å²) in [5, 5.41) is 6.90. The molecule has 1 aliphatic carbocycles. The minimum atomic E-state index is -0.417. The maximum Gasteiger partial charge on any atom is 0.237 e. The van der Waals surface area contributed by atoms with Crippen LogP contribution in [-0.4, -0.2) is 24.0 Å². The van der Waals surface area contributed by atoms with Crippen LogP contribution in [0.25, 0.3) is 0 Å². The first-order valence-electron chi connectivity index (χ1n) is 9.33. The smallest absolute Gasteiger partial charge is 0.237 e. The number of hydrogen-bond acceptors (Lipinski definition) is 3. The van der Waals surface area contributed by atoms with Crippen LogP contribution >= 0.6 is 0 Å². The summed E-state index contributed by atoms with van der Waals surface area (Å²) in [6.45, 7) is 6.96.